The molecular weight excluding hydrogens is 276 g/mol. The number of carbonyl (C=O) groups excluding carboxylic acids is 1. The molecule has 0 radical (unpaired) electrons. The van der Waals surface area contributed by atoms with Gasteiger partial charge < -0.3 is 15.2 Å². The van der Waals surface area contributed by atoms with Crippen molar-refractivity contribution in [1.29, 1.82) is 0 Å². The second-order valence-electron chi connectivity index (χ2n) is 5.88. The fourth-order valence-electron chi connectivity index (χ4n) is 2.92. The molecule has 0 aliphatic heterocycles. The minimum absolute atomic E-state index is 0.0155. The van der Waals surface area contributed by atoms with Crippen LogP contribution in [0.15, 0.2) is 43.0 Å². The Morgan fingerprint density at radius 3 is 2.64 bits per heavy atom. The van der Waals surface area contributed by atoms with E-state index >= 15 is 0 Å². The Morgan fingerprint density at radius 2 is 2.00 bits per heavy atom. The number of imidazole rings is 1. The summed E-state index contributed by atoms with van der Waals surface area (Å²) in [5, 5.41) is 6.06. The Morgan fingerprint density at radius 1 is 1.27 bits per heavy atom. The van der Waals surface area contributed by atoms with Crippen LogP contribution in [-0.4, -0.2) is 21.6 Å². The number of hydrogen-bond acceptors (Lipinski definition) is 2. The molecule has 1 aromatic heterocycles. The Kier molecular flexibility index (Phi) is 4.42. The number of hydrogen-bond donors (Lipinski definition) is 2. The van der Waals surface area contributed by atoms with E-state index in [1.165, 1.54) is 12.8 Å². The van der Waals surface area contributed by atoms with Gasteiger partial charge in [0.05, 0.1) is 12.4 Å². The predicted octanol–water partition coefficient (Wildman–Crippen LogP) is 3.18. The molecule has 0 spiro atoms. The first kappa shape index (κ1) is 14.6. The van der Waals surface area contributed by atoms with Crippen LogP contribution in [0.2, 0.25) is 0 Å². The highest BCUT2D eigenvalue weighted by molar-refractivity contribution is 5.74. The van der Waals surface area contributed by atoms with E-state index in [4.69, 9.17) is 0 Å². The van der Waals surface area contributed by atoms with Crippen molar-refractivity contribution in [2.24, 2.45) is 0 Å². The molecule has 0 bridgehead atoms. The zero-order valence-electron chi connectivity index (χ0n) is 12.8. The lowest BCUT2D eigenvalue weighted by atomic mass is 10.1. The van der Waals surface area contributed by atoms with Crippen LogP contribution in [0.4, 0.5) is 4.79 Å². The molecule has 5 heteroatoms. The number of urea groups is 1. The van der Waals surface area contributed by atoms with Crippen molar-refractivity contribution in [3.05, 3.63) is 48.5 Å². The van der Waals surface area contributed by atoms with Crippen molar-refractivity contribution in [3.8, 4) is 5.69 Å². The molecule has 1 aliphatic carbocycles. The van der Waals surface area contributed by atoms with Gasteiger partial charge in [0.25, 0.3) is 0 Å². The maximum atomic E-state index is 12.0. The molecule has 1 unspecified atom stereocenters. The van der Waals surface area contributed by atoms with Gasteiger partial charge in [-0.2, -0.15) is 0 Å². The second kappa shape index (κ2) is 6.64. The predicted molar refractivity (Wildman–Crippen MR) is 85.9 cm³/mol. The molecule has 2 amide bonds. The number of carbonyl (C=O) groups is 1. The van der Waals surface area contributed by atoms with E-state index in [1.54, 1.807) is 12.5 Å². The molecule has 1 saturated carbocycles. The van der Waals surface area contributed by atoms with Crippen molar-refractivity contribution in [3.63, 3.8) is 0 Å². The van der Waals surface area contributed by atoms with Crippen LogP contribution in [0.1, 0.15) is 44.2 Å². The summed E-state index contributed by atoms with van der Waals surface area (Å²) in [5.41, 5.74) is 2.15. The molecule has 3 rings (SSSR count). The third-order valence-electron chi connectivity index (χ3n) is 4.23. The van der Waals surface area contributed by atoms with Gasteiger partial charge in [0.15, 0.2) is 0 Å². The van der Waals surface area contributed by atoms with E-state index in [0.717, 1.165) is 24.1 Å². The molecule has 1 heterocycles. The monoisotopic (exact) mass is 298 g/mol. The van der Waals surface area contributed by atoms with Crippen LogP contribution < -0.4 is 10.6 Å². The minimum Gasteiger partial charge on any atom is -0.335 e. The summed E-state index contributed by atoms with van der Waals surface area (Å²) in [5.74, 6) is 0. The van der Waals surface area contributed by atoms with Gasteiger partial charge in [0.1, 0.15) is 0 Å². The first-order chi connectivity index (χ1) is 10.7. The van der Waals surface area contributed by atoms with Crippen molar-refractivity contribution in [2.75, 3.05) is 0 Å². The average molecular weight is 298 g/mol. The third kappa shape index (κ3) is 3.47. The summed E-state index contributed by atoms with van der Waals surface area (Å²) < 4.78 is 1.95. The molecule has 0 saturated heterocycles. The van der Waals surface area contributed by atoms with E-state index in [-0.39, 0.29) is 12.1 Å². The Labute approximate surface area is 130 Å². The SMILES string of the molecule is CC(NC(=O)NC1CCCC1)c1ccc(-n2ccnc2)cc1. The molecule has 1 atom stereocenters. The summed E-state index contributed by atoms with van der Waals surface area (Å²) in [7, 11) is 0. The van der Waals surface area contributed by atoms with Crippen molar-refractivity contribution in [1.82, 2.24) is 20.2 Å². The van der Waals surface area contributed by atoms with Gasteiger partial charge in [0.2, 0.25) is 0 Å². The number of aromatic nitrogens is 2. The molecule has 1 aliphatic rings. The molecule has 2 aromatic rings. The number of rotatable bonds is 4. The van der Waals surface area contributed by atoms with Gasteiger partial charge >= 0.3 is 6.03 Å². The number of amides is 2. The molecule has 1 fully saturated rings. The second-order valence-corrected chi connectivity index (χ2v) is 5.88. The zero-order chi connectivity index (χ0) is 15.4. The smallest absolute Gasteiger partial charge is 0.315 e. The fraction of sp³-hybridized carbons (Fsp3) is 0.412. The summed E-state index contributed by atoms with van der Waals surface area (Å²) in [4.78, 5) is 16.0. The first-order valence-electron chi connectivity index (χ1n) is 7.88. The molecule has 1 aromatic carbocycles. The molecular formula is C17H22N4O. The summed E-state index contributed by atoms with van der Waals surface area (Å²) in [6.45, 7) is 2.00. The standard InChI is InChI=1S/C17H22N4O/c1-13(19-17(22)20-15-4-2-3-5-15)14-6-8-16(9-7-14)21-11-10-18-12-21/h6-13,15H,2-5H2,1H3,(H2,19,20,22). The Bertz CT molecular complexity index is 600. The van der Waals surface area contributed by atoms with Crippen LogP contribution in [-0.2, 0) is 0 Å². The van der Waals surface area contributed by atoms with Gasteiger partial charge in [0, 0.05) is 24.1 Å². The van der Waals surface area contributed by atoms with E-state index in [1.807, 2.05) is 42.0 Å². The number of benzene rings is 1. The molecule has 116 valence electrons. The van der Waals surface area contributed by atoms with E-state index in [2.05, 4.69) is 15.6 Å². The van der Waals surface area contributed by atoms with Gasteiger partial charge in [-0.3, -0.25) is 0 Å². The third-order valence-corrected chi connectivity index (χ3v) is 4.23. The quantitative estimate of drug-likeness (QED) is 0.911. The normalized spacial score (nSPS) is 16.4. The molecule has 5 nitrogen and oxygen atoms in total. The number of nitrogens with one attached hydrogen (secondary N) is 2. The van der Waals surface area contributed by atoms with Crippen LogP contribution in [0.3, 0.4) is 0 Å². The maximum absolute atomic E-state index is 12.0. The average Bonchev–Trinajstić information content (AvgIpc) is 3.20. The van der Waals surface area contributed by atoms with E-state index in [9.17, 15) is 4.79 Å². The molecule has 22 heavy (non-hydrogen) atoms. The van der Waals surface area contributed by atoms with Crippen molar-refractivity contribution >= 4 is 6.03 Å². The Hall–Kier alpha value is -2.30. The van der Waals surface area contributed by atoms with Crippen LogP contribution in [0.25, 0.3) is 5.69 Å². The fourth-order valence-corrected chi connectivity index (χ4v) is 2.92. The van der Waals surface area contributed by atoms with Crippen LogP contribution >= 0.6 is 0 Å². The molecule has 2 N–H and O–H groups in total. The summed E-state index contributed by atoms with van der Waals surface area (Å²) in [6, 6.07) is 8.40. The zero-order valence-corrected chi connectivity index (χ0v) is 12.8. The van der Waals surface area contributed by atoms with Crippen LogP contribution in [0, 0.1) is 0 Å². The van der Waals surface area contributed by atoms with Crippen molar-refractivity contribution < 1.29 is 4.79 Å². The largest absolute Gasteiger partial charge is 0.335 e. The summed E-state index contributed by atoms with van der Waals surface area (Å²) >= 11 is 0. The van der Waals surface area contributed by atoms with Crippen LogP contribution in [0.5, 0.6) is 0 Å². The highest BCUT2D eigenvalue weighted by Crippen LogP contribution is 2.18. The topological polar surface area (TPSA) is 59.0 Å². The van der Waals surface area contributed by atoms with Gasteiger partial charge in [-0.25, -0.2) is 9.78 Å². The van der Waals surface area contributed by atoms with Gasteiger partial charge in [-0.15, -0.1) is 0 Å². The highest BCUT2D eigenvalue weighted by Gasteiger charge is 2.18. The lowest BCUT2D eigenvalue weighted by Gasteiger charge is -2.18. The maximum Gasteiger partial charge on any atom is 0.315 e. The number of nitrogens with zero attached hydrogens (tertiary/aromatic N) is 2. The first-order valence-corrected chi connectivity index (χ1v) is 7.88. The lowest BCUT2D eigenvalue weighted by molar-refractivity contribution is 0.234. The van der Waals surface area contributed by atoms with E-state index < -0.39 is 0 Å². The summed E-state index contributed by atoms with van der Waals surface area (Å²) in [6.07, 6.45) is 10.1. The lowest BCUT2D eigenvalue weighted by Crippen LogP contribution is -2.41. The minimum atomic E-state index is -0.0712. The highest BCUT2D eigenvalue weighted by atomic mass is 16.2. The van der Waals surface area contributed by atoms with Crippen molar-refractivity contribution in [2.45, 2.75) is 44.7 Å². The Balaban J connectivity index is 1.57. The van der Waals surface area contributed by atoms with Gasteiger partial charge in [-0.05, 0) is 37.5 Å². The van der Waals surface area contributed by atoms with Gasteiger partial charge in [-0.1, -0.05) is 25.0 Å². The van der Waals surface area contributed by atoms with E-state index in [0.29, 0.717) is 6.04 Å².